The fourth-order valence-corrected chi connectivity index (χ4v) is 3.74. The van der Waals surface area contributed by atoms with Gasteiger partial charge in [0.15, 0.2) is 17.6 Å². The van der Waals surface area contributed by atoms with Gasteiger partial charge in [-0.05, 0) is 19.1 Å². The van der Waals surface area contributed by atoms with Crippen LogP contribution in [0.5, 0.6) is 0 Å². The van der Waals surface area contributed by atoms with Gasteiger partial charge in [0.2, 0.25) is 5.78 Å². The van der Waals surface area contributed by atoms with Crippen LogP contribution < -0.4 is 22.4 Å². The summed E-state index contributed by atoms with van der Waals surface area (Å²) in [5, 5.41) is 0.180. The molecular weight excluding hydrogens is 454 g/mol. The first-order valence-corrected chi connectivity index (χ1v) is 10.5. The van der Waals surface area contributed by atoms with Crippen molar-refractivity contribution in [1.82, 2.24) is 9.13 Å². The first-order chi connectivity index (χ1) is 16.6. The number of nitrogen functional groups attached to an aromatic ring is 1. The molecule has 0 amide bonds. The molecule has 2 heterocycles. The second-order valence-electron chi connectivity index (χ2n) is 7.90. The molecule has 0 aliphatic carbocycles. The number of nitrogens with zero attached hydrogens (tertiary/aromatic N) is 2. The maximum atomic E-state index is 13.0. The van der Waals surface area contributed by atoms with Gasteiger partial charge in [-0.2, -0.15) is 0 Å². The highest BCUT2D eigenvalue weighted by Crippen LogP contribution is 2.27. The zero-order valence-electron chi connectivity index (χ0n) is 19.2. The number of rotatable bonds is 5. The standard InChI is InChI=1S/C25H21N3O7/c1-13-19(30)15-10-7-11-16(21(15)35-20(13)14-8-5-4-6-9-14)24(32)34-12-17(29)18-22(26)27(2)25(33)28(3)23(18)31/h4-11H,12,26H2,1-3H3. The molecule has 178 valence electrons. The predicted molar refractivity (Wildman–Crippen MR) is 129 cm³/mol. The van der Waals surface area contributed by atoms with E-state index in [9.17, 15) is 24.0 Å². The molecule has 10 nitrogen and oxygen atoms in total. The van der Waals surface area contributed by atoms with Crippen LogP contribution in [0.25, 0.3) is 22.3 Å². The largest absolute Gasteiger partial charge is 0.455 e. The Morgan fingerprint density at radius 3 is 2.34 bits per heavy atom. The van der Waals surface area contributed by atoms with Gasteiger partial charge in [0.25, 0.3) is 5.56 Å². The van der Waals surface area contributed by atoms with E-state index in [1.807, 2.05) is 6.07 Å². The first kappa shape index (κ1) is 23.4. The maximum absolute atomic E-state index is 13.0. The molecule has 0 radical (unpaired) electrons. The number of carbonyl (C=O) groups excluding carboxylic acids is 2. The third kappa shape index (κ3) is 3.95. The van der Waals surface area contributed by atoms with Gasteiger partial charge in [0.1, 0.15) is 22.7 Å². The monoisotopic (exact) mass is 475 g/mol. The fourth-order valence-electron chi connectivity index (χ4n) is 3.74. The molecule has 4 rings (SSSR count). The molecule has 0 saturated heterocycles. The molecule has 0 fully saturated rings. The second kappa shape index (κ2) is 8.90. The van der Waals surface area contributed by atoms with Crippen molar-refractivity contribution in [3.05, 3.63) is 96.3 Å². The van der Waals surface area contributed by atoms with E-state index in [2.05, 4.69) is 0 Å². The summed E-state index contributed by atoms with van der Waals surface area (Å²) in [6.07, 6.45) is 0. The van der Waals surface area contributed by atoms with Crippen molar-refractivity contribution in [1.29, 1.82) is 0 Å². The molecule has 2 aromatic carbocycles. The summed E-state index contributed by atoms with van der Waals surface area (Å²) in [6, 6.07) is 13.4. The van der Waals surface area contributed by atoms with Crippen LogP contribution in [0.15, 0.2) is 67.3 Å². The van der Waals surface area contributed by atoms with Gasteiger partial charge in [0.05, 0.1) is 5.39 Å². The average molecular weight is 475 g/mol. The summed E-state index contributed by atoms with van der Waals surface area (Å²) in [5.74, 6) is -1.84. The lowest BCUT2D eigenvalue weighted by molar-refractivity contribution is 0.0475. The smallest absolute Gasteiger partial charge is 0.342 e. The van der Waals surface area contributed by atoms with Crippen molar-refractivity contribution in [2.75, 3.05) is 12.3 Å². The van der Waals surface area contributed by atoms with E-state index >= 15 is 0 Å². The Hall–Kier alpha value is -4.73. The maximum Gasteiger partial charge on any atom is 0.342 e. The Kier molecular flexibility index (Phi) is 5.96. The Labute approximate surface area is 197 Å². The summed E-state index contributed by atoms with van der Waals surface area (Å²) in [5.41, 5.74) is 4.40. The third-order valence-corrected chi connectivity index (χ3v) is 5.72. The molecule has 0 spiro atoms. The summed E-state index contributed by atoms with van der Waals surface area (Å²) in [6.45, 7) is 0.823. The molecular formula is C25H21N3O7. The number of aromatic nitrogens is 2. The van der Waals surface area contributed by atoms with Gasteiger partial charge in [-0.1, -0.05) is 36.4 Å². The van der Waals surface area contributed by atoms with E-state index in [0.29, 0.717) is 16.9 Å². The van der Waals surface area contributed by atoms with Gasteiger partial charge in [-0.3, -0.25) is 23.5 Å². The van der Waals surface area contributed by atoms with Crippen LogP contribution in [-0.4, -0.2) is 27.5 Å². The number of benzene rings is 2. The number of nitrogens with two attached hydrogens (primary N) is 1. The lowest BCUT2D eigenvalue weighted by Crippen LogP contribution is -2.42. The van der Waals surface area contributed by atoms with Crippen LogP contribution in [0.1, 0.15) is 26.3 Å². The molecule has 0 aliphatic heterocycles. The SMILES string of the molecule is Cc1c(-c2ccccc2)oc2c(C(=O)OCC(=O)c3c(N)n(C)c(=O)n(C)c3=O)cccc2c1=O. The van der Waals surface area contributed by atoms with E-state index in [0.717, 1.165) is 9.13 Å². The number of carbonyl (C=O) groups is 2. The predicted octanol–water partition coefficient (Wildman–Crippen LogP) is 1.79. The molecule has 0 saturated carbocycles. The number of Topliss-reactive ketones (excluding diaryl/α,β-unsaturated/α-hetero) is 1. The summed E-state index contributed by atoms with van der Waals surface area (Å²) in [4.78, 5) is 62.9. The minimum absolute atomic E-state index is 0.0111. The number of hydrogen-bond donors (Lipinski definition) is 1. The Bertz CT molecular complexity index is 1680. The van der Waals surface area contributed by atoms with Crippen molar-refractivity contribution >= 4 is 28.5 Å². The molecule has 0 aliphatic rings. The molecule has 0 unspecified atom stereocenters. The summed E-state index contributed by atoms with van der Waals surface area (Å²) in [7, 11) is 2.52. The number of fused-ring (bicyclic) bond motifs is 1. The van der Waals surface area contributed by atoms with Crippen molar-refractivity contribution in [3.8, 4) is 11.3 Å². The van der Waals surface area contributed by atoms with Gasteiger partial charge >= 0.3 is 11.7 Å². The molecule has 35 heavy (non-hydrogen) atoms. The Balaban J connectivity index is 1.71. The summed E-state index contributed by atoms with van der Waals surface area (Å²) >= 11 is 0. The van der Waals surface area contributed by atoms with Crippen molar-refractivity contribution < 1.29 is 18.7 Å². The number of anilines is 1. The second-order valence-corrected chi connectivity index (χ2v) is 7.90. The van der Waals surface area contributed by atoms with Gasteiger partial charge in [-0.15, -0.1) is 0 Å². The lowest BCUT2D eigenvalue weighted by Gasteiger charge is -2.12. The molecule has 2 aromatic heterocycles. The molecule has 0 atom stereocenters. The van der Waals surface area contributed by atoms with Crippen LogP contribution >= 0.6 is 0 Å². The Morgan fingerprint density at radius 1 is 0.971 bits per heavy atom. The topological polar surface area (TPSA) is 144 Å². The van der Waals surface area contributed by atoms with E-state index in [1.165, 1.54) is 32.3 Å². The highest BCUT2D eigenvalue weighted by Gasteiger charge is 2.23. The van der Waals surface area contributed by atoms with Crippen LogP contribution in [0.3, 0.4) is 0 Å². The minimum atomic E-state index is -0.935. The number of para-hydroxylation sites is 1. The fraction of sp³-hybridized carbons (Fsp3) is 0.160. The Morgan fingerprint density at radius 2 is 1.66 bits per heavy atom. The van der Waals surface area contributed by atoms with E-state index in [1.54, 1.807) is 31.2 Å². The van der Waals surface area contributed by atoms with Crippen LogP contribution in [0.2, 0.25) is 0 Å². The van der Waals surface area contributed by atoms with Crippen LogP contribution in [0.4, 0.5) is 5.82 Å². The highest BCUT2D eigenvalue weighted by molar-refractivity contribution is 6.05. The van der Waals surface area contributed by atoms with Gasteiger partial charge in [0, 0.05) is 25.2 Å². The zero-order valence-corrected chi connectivity index (χ0v) is 19.2. The molecule has 0 bridgehead atoms. The molecule has 2 N–H and O–H groups in total. The zero-order chi connectivity index (χ0) is 25.4. The van der Waals surface area contributed by atoms with Crippen LogP contribution in [0, 0.1) is 6.92 Å². The average Bonchev–Trinajstić information content (AvgIpc) is 2.87. The first-order valence-electron chi connectivity index (χ1n) is 10.5. The van der Waals surface area contributed by atoms with Crippen molar-refractivity contribution in [2.24, 2.45) is 14.1 Å². The summed E-state index contributed by atoms with van der Waals surface area (Å²) < 4.78 is 12.8. The quantitative estimate of drug-likeness (QED) is 0.340. The number of esters is 1. The lowest BCUT2D eigenvalue weighted by atomic mass is 10.0. The highest BCUT2D eigenvalue weighted by atomic mass is 16.5. The van der Waals surface area contributed by atoms with E-state index in [-0.39, 0.29) is 27.8 Å². The van der Waals surface area contributed by atoms with E-state index < -0.39 is 35.2 Å². The van der Waals surface area contributed by atoms with Crippen LogP contribution in [-0.2, 0) is 18.8 Å². The number of hydrogen-bond acceptors (Lipinski definition) is 8. The molecule has 10 heteroatoms. The van der Waals surface area contributed by atoms with Gasteiger partial charge in [-0.25, -0.2) is 9.59 Å². The van der Waals surface area contributed by atoms with Gasteiger partial charge < -0.3 is 14.9 Å². The van der Waals surface area contributed by atoms with Crippen molar-refractivity contribution in [3.63, 3.8) is 0 Å². The normalized spacial score (nSPS) is 10.9. The minimum Gasteiger partial charge on any atom is -0.455 e. The molecule has 4 aromatic rings. The van der Waals surface area contributed by atoms with Crippen molar-refractivity contribution in [2.45, 2.75) is 6.92 Å². The number of ketones is 1. The number of ether oxygens (including phenoxy) is 1. The third-order valence-electron chi connectivity index (χ3n) is 5.72. The van der Waals surface area contributed by atoms with E-state index in [4.69, 9.17) is 14.9 Å².